The van der Waals surface area contributed by atoms with Gasteiger partial charge in [-0.25, -0.2) is 4.39 Å². The van der Waals surface area contributed by atoms with Crippen molar-refractivity contribution in [3.05, 3.63) is 168 Å². The second kappa shape index (κ2) is 16.4. The van der Waals surface area contributed by atoms with Crippen LogP contribution >= 0.6 is 0 Å². The van der Waals surface area contributed by atoms with E-state index in [0.717, 1.165) is 78.4 Å². The molecule has 0 fully saturated rings. The molecule has 3 aromatic heterocycles. The Morgan fingerprint density at radius 1 is 0.733 bits per heavy atom. The van der Waals surface area contributed by atoms with Crippen molar-refractivity contribution in [2.45, 2.75) is 53.8 Å². The van der Waals surface area contributed by atoms with E-state index in [4.69, 9.17) is 9.40 Å². The number of halogens is 1. The van der Waals surface area contributed by atoms with Crippen molar-refractivity contribution in [2.24, 2.45) is 5.92 Å². The summed E-state index contributed by atoms with van der Waals surface area (Å²) in [6.45, 7) is 15.6. The van der Waals surface area contributed by atoms with Gasteiger partial charge in [-0.15, -0.1) is 54.1 Å². The van der Waals surface area contributed by atoms with Gasteiger partial charge in [0, 0.05) is 37.4 Å². The first-order valence-electron chi connectivity index (χ1n) is 20.3. The van der Waals surface area contributed by atoms with Gasteiger partial charge in [0.05, 0.1) is 30.5 Å². The minimum atomic E-state index is -1.34. The second-order valence-corrected chi connectivity index (χ2v) is 22.1. The topological polar surface area (TPSA) is 43.9 Å². The molecule has 7 heteroatoms. The number of pyridine rings is 1. The zero-order valence-corrected chi connectivity index (χ0v) is 38.3. The molecule has 4 nitrogen and oxygen atoms in total. The Morgan fingerprint density at radius 2 is 1.47 bits per heavy atom. The maximum atomic E-state index is 14.3. The number of para-hydroxylation sites is 2. The van der Waals surface area contributed by atoms with Crippen molar-refractivity contribution >= 4 is 67.8 Å². The van der Waals surface area contributed by atoms with Gasteiger partial charge in [-0.3, -0.25) is 4.98 Å². The molecule has 0 atom stereocenters. The minimum absolute atomic E-state index is 0. The van der Waals surface area contributed by atoms with Crippen LogP contribution in [0.25, 0.3) is 82.8 Å². The number of benzene rings is 7. The Balaban J connectivity index is 0.000000202. The van der Waals surface area contributed by atoms with Crippen molar-refractivity contribution in [3.8, 4) is 28.3 Å². The van der Waals surface area contributed by atoms with E-state index in [1.807, 2.05) is 62.4 Å². The van der Waals surface area contributed by atoms with E-state index in [9.17, 15) is 4.39 Å². The van der Waals surface area contributed by atoms with Crippen molar-refractivity contribution < 1.29 is 28.9 Å². The van der Waals surface area contributed by atoms with Gasteiger partial charge in [0.1, 0.15) is 11.4 Å². The van der Waals surface area contributed by atoms with Crippen LogP contribution in [0.5, 0.6) is 0 Å². The average molecular weight is 980 g/mol. The molecule has 301 valence electrons. The zero-order valence-electron chi connectivity index (χ0n) is 34.9. The summed E-state index contributed by atoms with van der Waals surface area (Å²) >= 11 is 0. The third-order valence-electron chi connectivity index (χ3n) is 11.2. The van der Waals surface area contributed by atoms with Crippen LogP contribution in [0.1, 0.15) is 30.5 Å². The molecule has 0 spiro atoms. The van der Waals surface area contributed by atoms with E-state index in [0.29, 0.717) is 11.7 Å². The van der Waals surface area contributed by atoms with Crippen molar-refractivity contribution in [2.75, 3.05) is 0 Å². The largest absolute Gasteiger partial charge is 0.501 e. The normalized spacial score (nSPS) is 11.8. The van der Waals surface area contributed by atoms with Crippen LogP contribution in [-0.2, 0) is 26.5 Å². The van der Waals surface area contributed by atoms with Gasteiger partial charge in [-0.05, 0) is 106 Å². The molecule has 60 heavy (non-hydrogen) atoms. The summed E-state index contributed by atoms with van der Waals surface area (Å²) < 4.78 is 23.0. The second-order valence-electron chi connectivity index (χ2n) is 17.1. The summed E-state index contributed by atoms with van der Waals surface area (Å²) in [5.41, 5.74) is 10.3. The van der Waals surface area contributed by atoms with E-state index >= 15 is 0 Å². The number of hydrogen-bond donors (Lipinski definition) is 0. The first-order chi connectivity index (χ1) is 28.4. The Bertz CT molecular complexity index is 3170. The first kappa shape index (κ1) is 41.0. The molecule has 7 aromatic carbocycles. The van der Waals surface area contributed by atoms with E-state index in [1.54, 1.807) is 12.1 Å². The van der Waals surface area contributed by atoms with Gasteiger partial charge in [0.15, 0.2) is 0 Å². The van der Waals surface area contributed by atoms with E-state index < -0.39 is 8.07 Å². The van der Waals surface area contributed by atoms with E-state index in [2.05, 4.69) is 128 Å². The SMILES string of the molecule is CC(C)Cc1cc(-c2[c-]cccc2)ncc1[Si](C)(C)C.Cc1cc(F)cc(C)c1-n1c(-c2[c-]ccc3c2oc2cc4ccc5ccccc5c4cc23)nc2ccccc21.[Ir]. The molecule has 10 aromatic rings. The fraction of sp³-hybridized carbons (Fsp3) is 0.170. The first-order valence-corrected chi connectivity index (χ1v) is 23.8. The smallest absolute Gasteiger partial charge is 0.123 e. The van der Waals surface area contributed by atoms with Crippen LogP contribution in [0.3, 0.4) is 0 Å². The summed E-state index contributed by atoms with van der Waals surface area (Å²) in [6, 6.07) is 49.3. The number of imidazole rings is 1. The number of furan rings is 1. The number of hydrogen-bond acceptors (Lipinski definition) is 3. The fourth-order valence-electron chi connectivity index (χ4n) is 8.56. The van der Waals surface area contributed by atoms with Crippen LogP contribution in [0.15, 0.2) is 138 Å². The predicted molar refractivity (Wildman–Crippen MR) is 247 cm³/mol. The van der Waals surface area contributed by atoms with Gasteiger partial charge < -0.3 is 14.0 Å². The molecule has 0 aliphatic carbocycles. The summed E-state index contributed by atoms with van der Waals surface area (Å²) in [7, 11) is -1.34. The van der Waals surface area contributed by atoms with Gasteiger partial charge in [-0.1, -0.05) is 105 Å². The Morgan fingerprint density at radius 3 is 2.22 bits per heavy atom. The molecule has 0 bridgehead atoms. The molecule has 0 saturated carbocycles. The Kier molecular flexibility index (Phi) is 11.2. The third kappa shape index (κ3) is 7.62. The number of rotatable bonds is 6. The quantitative estimate of drug-likeness (QED) is 0.0947. The maximum Gasteiger partial charge on any atom is 0.123 e. The van der Waals surface area contributed by atoms with Crippen molar-refractivity contribution in [3.63, 3.8) is 0 Å². The van der Waals surface area contributed by atoms with Gasteiger partial charge in [0.2, 0.25) is 0 Å². The molecule has 10 rings (SSSR count). The summed E-state index contributed by atoms with van der Waals surface area (Å²) in [4.78, 5) is 9.75. The molecule has 0 N–H and O–H groups in total. The molecule has 1 radical (unpaired) electrons. The molecule has 0 unspecified atom stereocenters. The average Bonchev–Trinajstić information content (AvgIpc) is 3.78. The molecule has 3 heterocycles. The standard InChI is InChI=1S/C35H22FN2O.C18H24NSi.Ir/c1-20-16-24(36)17-21(2)33(20)38-31-13-6-5-12-30(31)37-35(38)27-11-7-10-26-29-19-28-23(18-32(29)39-34(26)27)15-14-22-8-3-4-9-25(22)28;1-14(2)11-16-12-17(15-9-7-6-8-10-15)19-13-18(16)20(3,4)5;/h3-10,12-19H,1-2H3;6-9,12-14H,11H2,1-5H3;/q2*-1;. The zero-order chi connectivity index (χ0) is 41.0. The summed E-state index contributed by atoms with van der Waals surface area (Å²) in [6.07, 6.45) is 3.24. The summed E-state index contributed by atoms with van der Waals surface area (Å²) in [5, 5.41) is 8.33. The molecule has 0 aliphatic rings. The molecular formula is C53H46FIrN3OSi-2. The Hall–Kier alpha value is -5.72. The number of aromatic nitrogens is 3. The van der Waals surface area contributed by atoms with Crippen molar-refractivity contribution in [1.29, 1.82) is 0 Å². The number of fused-ring (bicyclic) bond motifs is 7. The van der Waals surface area contributed by atoms with Crippen LogP contribution < -0.4 is 5.19 Å². The van der Waals surface area contributed by atoms with E-state index in [1.165, 1.54) is 26.9 Å². The van der Waals surface area contributed by atoms with Crippen molar-refractivity contribution in [1.82, 2.24) is 14.5 Å². The van der Waals surface area contributed by atoms with Gasteiger partial charge in [0.25, 0.3) is 0 Å². The maximum absolute atomic E-state index is 14.3. The third-order valence-corrected chi connectivity index (χ3v) is 13.2. The minimum Gasteiger partial charge on any atom is -0.501 e. The van der Waals surface area contributed by atoms with Gasteiger partial charge in [-0.2, -0.15) is 0 Å². The molecular weight excluding hydrogens is 934 g/mol. The monoisotopic (exact) mass is 980 g/mol. The Labute approximate surface area is 365 Å². The summed E-state index contributed by atoms with van der Waals surface area (Å²) in [5.74, 6) is 1.14. The number of aryl methyl sites for hydroxylation is 2. The molecule has 0 amide bonds. The number of nitrogens with zero attached hydrogens (tertiary/aromatic N) is 3. The van der Waals surface area contributed by atoms with Crippen LogP contribution in [0.4, 0.5) is 4.39 Å². The molecule has 0 saturated heterocycles. The van der Waals surface area contributed by atoms with Crippen LogP contribution in [0.2, 0.25) is 19.6 Å². The van der Waals surface area contributed by atoms with Crippen LogP contribution in [0, 0.1) is 37.7 Å². The van der Waals surface area contributed by atoms with E-state index in [-0.39, 0.29) is 25.9 Å². The predicted octanol–water partition coefficient (Wildman–Crippen LogP) is 13.7. The molecule has 0 aliphatic heterocycles. The van der Waals surface area contributed by atoms with Gasteiger partial charge >= 0.3 is 0 Å². The fourth-order valence-corrected chi connectivity index (χ4v) is 10.2. The van der Waals surface area contributed by atoms with Crippen LogP contribution in [-0.4, -0.2) is 22.6 Å².